The highest BCUT2D eigenvalue weighted by Gasteiger charge is 2.14. The molecule has 2 amide bonds. The minimum atomic E-state index is -0.506. The standard InChI is InChI=1S/C13H18FN3O2/c1-3-17(4-2)12(18)8-16-13(19)10-6-5-9(14)7-11(10)15/h5-7H,3-4,8,15H2,1-2H3,(H,16,19). The molecule has 1 aromatic rings. The molecule has 5 nitrogen and oxygen atoms in total. The number of amides is 2. The van der Waals surface area contributed by atoms with Gasteiger partial charge < -0.3 is 16.0 Å². The number of hydrogen-bond acceptors (Lipinski definition) is 3. The van der Waals surface area contributed by atoms with Crippen molar-refractivity contribution in [1.29, 1.82) is 0 Å². The lowest BCUT2D eigenvalue weighted by Crippen LogP contribution is -2.40. The highest BCUT2D eigenvalue weighted by Crippen LogP contribution is 2.12. The Balaban J connectivity index is 2.63. The third-order valence-corrected chi connectivity index (χ3v) is 2.77. The molecule has 0 aliphatic rings. The largest absolute Gasteiger partial charge is 0.398 e. The molecule has 0 fully saturated rings. The van der Waals surface area contributed by atoms with Gasteiger partial charge in [0.15, 0.2) is 0 Å². The fraction of sp³-hybridized carbons (Fsp3) is 0.385. The van der Waals surface area contributed by atoms with E-state index in [-0.39, 0.29) is 23.7 Å². The van der Waals surface area contributed by atoms with Gasteiger partial charge in [0.05, 0.1) is 12.1 Å². The Morgan fingerprint density at radius 3 is 2.47 bits per heavy atom. The van der Waals surface area contributed by atoms with Gasteiger partial charge in [0, 0.05) is 18.8 Å². The first-order chi connectivity index (χ1) is 8.99. The minimum Gasteiger partial charge on any atom is -0.398 e. The van der Waals surface area contributed by atoms with Crippen LogP contribution in [-0.2, 0) is 4.79 Å². The van der Waals surface area contributed by atoms with Crippen LogP contribution < -0.4 is 11.1 Å². The zero-order valence-corrected chi connectivity index (χ0v) is 11.1. The van der Waals surface area contributed by atoms with Crippen LogP contribution in [0.3, 0.4) is 0 Å². The molecular weight excluding hydrogens is 249 g/mol. The average molecular weight is 267 g/mol. The molecule has 0 radical (unpaired) electrons. The summed E-state index contributed by atoms with van der Waals surface area (Å²) in [6.45, 7) is 4.80. The number of nitrogens with two attached hydrogens (primary N) is 1. The van der Waals surface area contributed by atoms with Crippen molar-refractivity contribution in [1.82, 2.24) is 10.2 Å². The molecule has 0 bridgehead atoms. The van der Waals surface area contributed by atoms with Gasteiger partial charge in [-0.05, 0) is 32.0 Å². The van der Waals surface area contributed by atoms with Crippen molar-refractivity contribution in [2.24, 2.45) is 0 Å². The van der Waals surface area contributed by atoms with Gasteiger partial charge in [-0.2, -0.15) is 0 Å². The number of carbonyl (C=O) groups excluding carboxylic acids is 2. The molecule has 104 valence electrons. The van der Waals surface area contributed by atoms with Crippen LogP contribution in [-0.4, -0.2) is 36.3 Å². The summed E-state index contributed by atoms with van der Waals surface area (Å²) in [4.78, 5) is 25.1. The highest BCUT2D eigenvalue weighted by atomic mass is 19.1. The highest BCUT2D eigenvalue weighted by molar-refractivity contribution is 6.00. The molecule has 0 atom stereocenters. The zero-order chi connectivity index (χ0) is 14.4. The van der Waals surface area contributed by atoms with Crippen LogP contribution in [0.25, 0.3) is 0 Å². The third kappa shape index (κ3) is 3.94. The third-order valence-electron chi connectivity index (χ3n) is 2.77. The summed E-state index contributed by atoms with van der Waals surface area (Å²) in [5, 5.41) is 2.48. The van der Waals surface area contributed by atoms with E-state index in [9.17, 15) is 14.0 Å². The summed E-state index contributed by atoms with van der Waals surface area (Å²) < 4.78 is 12.8. The van der Waals surface area contributed by atoms with Crippen molar-refractivity contribution in [2.75, 3.05) is 25.4 Å². The Morgan fingerprint density at radius 1 is 1.32 bits per heavy atom. The van der Waals surface area contributed by atoms with E-state index in [4.69, 9.17) is 5.73 Å². The summed E-state index contributed by atoms with van der Waals surface area (Å²) in [5.74, 6) is -1.16. The fourth-order valence-electron chi connectivity index (χ4n) is 1.68. The predicted molar refractivity (Wildman–Crippen MR) is 71.1 cm³/mol. The van der Waals surface area contributed by atoms with Gasteiger partial charge in [0.1, 0.15) is 5.82 Å². The van der Waals surface area contributed by atoms with Crippen molar-refractivity contribution in [3.05, 3.63) is 29.6 Å². The Labute approximate surface area is 111 Å². The van der Waals surface area contributed by atoms with Gasteiger partial charge in [-0.3, -0.25) is 9.59 Å². The maximum Gasteiger partial charge on any atom is 0.253 e. The summed E-state index contributed by atoms with van der Waals surface area (Å²) in [7, 11) is 0. The fourth-order valence-corrected chi connectivity index (χ4v) is 1.68. The Kier molecular flexibility index (Phi) is 5.29. The number of hydrogen-bond donors (Lipinski definition) is 2. The molecule has 0 unspecified atom stereocenters. The van der Waals surface area contributed by atoms with E-state index < -0.39 is 11.7 Å². The van der Waals surface area contributed by atoms with E-state index in [2.05, 4.69) is 5.32 Å². The van der Waals surface area contributed by atoms with Gasteiger partial charge in [-0.15, -0.1) is 0 Å². The first-order valence-corrected chi connectivity index (χ1v) is 6.10. The van der Waals surface area contributed by atoms with Crippen LogP contribution in [0.5, 0.6) is 0 Å². The van der Waals surface area contributed by atoms with E-state index in [1.54, 1.807) is 4.90 Å². The number of nitrogen functional groups attached to an aromatic ring is 1. The van der Waals surface area contributed by atoms with E-state index in [0.29, 0.717) is 13.1 Å². The molecule has 0 aromatic heterocycles. The molecule has 1 aromatic carbocycles. The molecule has 1 rings (SSSR count). The molecule has 3 N–H and O–H groups in total. The van der Waals surface area contributed by atoms with Crippen molar-refractivity contribution < 1.29 is 14.0 Å². The maximum atomic E-state index is 12.8. The molecule has 0 heterocycles. The van der Waals surface area contributed by atoms with Gasteiger partial charge >= 0.3 is 0 Å². The van der Waals surface area contributed by atoms with Crippen molar-refractivity contribution in [3.63, 3.8) is 0 Å². The molecule has 0 saturated heterocycles. The van der Waals surface area contributed by atoms with Crippen LogP contribution in [0.4, 0.5) is 10.1 Å². The normalized spacial score (nSPS) is 10.1. The van der Waals surface area contributed by atoms with Crippen LogP contribution >= 0.6 is 0 Å². The topological polar surface area (TPSA) is 75.4 Å². The SMILES string of the molecule is CCN(CC)C(=O)CNC(=O)c1ccc(F)cc1N. The smallest absolute Gasteiger partial charge is 0.253 e. The van der Waals surface area contributed by atoms with Crippen LogP contribution in [0, 0.1) is 5.82 Å². The first kappa shape index (κ1) is 14.9. The summed E-state index contributed by atoms with van der Waals surface area (Å²) >= 11 is 0. The molecular formula is C13H18FN3O2. The lowest BCUT2D eigenvalue weighted by atomic mass is 10.1. The molecule has 0 aliphatic heterocycles. The second-order valence-electron chi connectivity index (χ2n) is 3.98. The van der Waals surface area contributed by atoms with Gasteiger partial charge in [0.2, 0.25) is 5.91 Å². The van der Waals surface area contributed by atoms with Gasteiger partial charge in [0.25, 0.3) is 5.91 Å². The van der Waals surface area contributed by atoms with E-state index in [1.807, 2.05) is 13.8 Å². The zero-order valence-electron chi connectivity index (χ0n) is 11.1. The first-order valence-electron chi connectivity index (χ1n) is 6.10. The Bertz CT molecular complexity index is 473. The molecule has 0 aliphatic carbocycles. The van der Waals surface area contributed by atoms with Crippen LogP contribution in [0.15, 0.2) is 18.2 Å². The number of halogens is 1. The van der Waals surface area contributed by atoms with Gasteiger partial charge in [-0.1, -0.05) is 0 Å². The lowest BCUT2D eigenvalue weighted by Gasteiger charge is -2.18. The maximum absolute atomic E-state index is 12.8. The number of likely N-dealkylation sites (N-methyl/N-ethyl adjacent to an activating group) is 1. The van der Waals surface area contributed by atoms with Crippen molar-refractivity contribution >= 4 is 17.5 Å². The summed E-state index contributed by atoms with van der Waals surface area (Å²) in [6, 6.07) is 3.51. The molecule has 0 saturated carbocycles. The number of carbonyl (C=O) groups is 2. The number of benzene rings is 1. The predicted octanol–water partition coefficient (Wildman–Crippen LogP) is 1.01. The van der Waals surface area contributed by atoms with Crippen LogP contribution in [0.2, 0.25) is 0 Å². The van der Waals surface area contributed by atoms with Crippen molar-refractivity contribution in [3.8, 4) is 0 Å². The summed E-state index contributed by atoms with van der Waals surface area (Å²) in [5.41, 5.74) is 5.75. The van der Waals surface area contributed by atoms with Crippen LogP contribution in [0.1, 0.15) is 24.2 Å². The molecule has 0 spiro atoms. The van der Waals surface area contributed by atoms with E-state index in [1.165, 1.54) is 6.07 Å². The second kappa shape index (κ2) is 6.72. The number of nitrogens with one attached hydrogen (secondary N) is 1. The monoisotopic (exact) mass is 267 g/mol. The second-order valence-corrected chi connectivity index (χ2v) is 3.98. The number of rotatable bonds is 5. The summed E-state index contributed by atoms with van der Waals surface area (Å²) in [6.07, 6.45) is 0. The Hall–Kier alpha value is -2.11. The number of nitrogens with zero attached hydrogens (tertiary/aromatic N) is 1. The molecule has 6 heteroatoms. The quantitative estimate of drug-likeness (QED) is 0.782. The van der Waals surface area contributed by atoms with E-state index >= 15 is 0 Å². The minimum absolute atomic E-state index is 0.0489. The van der Waals surface area contributed by atoms with Crippen molar-refractivity contribution in [2.45, 2.75) is 13.8 Å². The Morgan fingerprint density at radius 2 is 1.95 bits per heavy atom. The van der Waals surface area contributed by atoms with E-state index in [0.717, 1.165) is 12.1 Å². The average Bonchev–Trinajstić information content (AvgIpc) is 2.37. The number of anilines is 1. The lowest BCUT2D eigenvalue weighted by molar-refractivity contribution is -0.129. The molecule has 19 heavy (non-hydrogen) atoms. The van der Waals surface area contributed by atoms with Gasteiger partial charge in [-0.25, -0.2) is 4.39 Å².